The van der Waals surface area contributed by atoms with Gasteiger partial charge in [-0.1, -0.05) is 0 Å². The largest absolute Gasteiger partial charge is 0.352 e. The second kappa shape index (κ2) is 5.55. The fraction of sp³-hybridized carbons (Fsp3) is 0.778. The molecule has 15 heavy (non-hydrogen) atoms. The van der Waals surface area contributed by atoms with Crippen LogP contribution in [0.5, 0.6) is 0 Å². The summed E-state index contributed by atoms with van der Waals surface area (Å²) in [5, 5.41) is 2.54. The maximum absolute atomic E-state index is 11.0. The highest BCUT2D eigenvalue weighted by atomic mass is 16.2. The molecule has 1 aliphatic rings. The van der Waals surface area contributed by atoms with Gasteiger partial charge in [-0.15, -0.1) is 0 Å². The van der Waals surface area contributed by atoms with Gasteiger partial charge in [-0.25, -0.2) is 4.79 Å². The molecule has 0 aliphatic carbocycles. The van der Waals surface area contributed by atoms with E-state index in [2.05, 4.69) is 10.2 Å². The normalized spacial score (nSPS) is 17.5. The lowest BCUT2D eigenvalue weighted by molar-refractivity contribution is -0.130. The predicted octanol–water partition coefficient (Wildman–Crippen LogP) is -1.18. The first-order valence-electron chi connectivity index (χ1n) is 5.11. The van der Waals surface area contributed by atoms with Crippen molar-refractivity contribution in [1.29, 1.82) is 0 Å². The number of carbonyl (C=O) groups is 2. The number of primary amides is 1. The molecule has 0 bridgehead atoms. The fourth-order valence-corrected chi connectivity index (χ4v) is 1.62. The Morgan fingerprint density at radius 1 is 1.27 bits per heavy atom. The minimum absolute atomic E-state index is 0.130. The summed E-state index contributed by atoms with van der Waals surface area (Å²) < 4.78 is 0. The van der Waals surface area contributed by atoms with Gasteiger partial charge in [-0.05, 0) is 0 Å². The summed E-state index contributed by atoms with van der Waals surface area (Å²) in [6.07, 6.45) is 0. The smallest absolute Gasteiger partial charge is 0.312 e. The van der Waals surface area contributed by atoms with Crippen molar-refractivity contribution in [2.75, 3.05) is 39.3 Å². The molecule has 86 valence electrons. The zero-order chi connectivity index (χ0) is 11.3. The van der Waals surface area contributed by atoms with Crippen LogP contribution in [0, 0.1) is 0 Å². The third-order valence-corrected chi connectivity index (χ3v) is 2.54. The third kappa shape index (κ3) is 4.16. The van der Waals surface area contributed by atoms with E-state index in [0.29, 0.717) is 6.54 Å². The molecule has 0 atom stereocenters. The van der Waals surface area contributed by atoms with Gasteiger partial charge in [0.1, 0.15) is 0 Å². The molecule has 3 amide bonds. The first kappa shape index (κ1) is 11.8. The van der Waals surface area contributed by atoms with Gasteiger partial charge in [-0.2, -0.15) is 0 Å². The van der Waals surface area contributed by atoms with E-state index in [1.54, 1.807) is 6.92 Å². The molecule has 1 rings (SSSR count). The van der Waals surface area contributed by atoms with Gasteiger partial charge in [0.25, 0.3) is 0 Å². The van der Waals surface area contributed by atoms with Crippen LogP contribution in [0.1, 0.15) is 6.92 Å². The Labute approximate surface area is 89.4 Å². The van der Waals surface area contributed by atoms with Crippen LogP contribution < -0.4 is 11.1 Å². The van der Waals surface area contributed by atoms with E-state index in [1.807, 2.05) is 4.90 Å². The molecule has 1 aliphatic heterocycles. The van der Waals surface area contributed by atoms with Crippen LogP contribution in [-0.2, 0) is 4.79 Å². The van der Waals surface area contributed by atoms with Gasteiger partial charge in [0, 0.05) is 46.2 Å². The zero-order valence-corrected chi connectivity index (χ0v) is 9.03. The Morgan fingerprint density at radius 3 is 2.33 bits per heavy atom. The highest BCUT2D eigenvalue weighted by Crippen LogP contribution is 2.00. The Morgan fingerprint density at radius 2 is 1.87 bits per heavy atom. The third-order valence-electron chi connectivity index (χ3n) is 2.54. The van der Waals surface area contributed by atoms with Gasteiger partial charge in [0.2, 0.25) is 5.91 Å². The molecule has 0 saturated carbocycles. The number of hydrogen-bond acceptors (Lipinski definition) is 3. The molecule has 0 radical (unpaired) electrons. The molecule has 6 heteroatoms. The Kier molecular flexibility index (Phi) is 4.36. The number of nitrogens with one attached hydrogen (secondary N) is 1. The molecule has 1 heterocycles. The predicted molar refractivity (Wildman–Crippen MR) is 56.3 cm³/mol. The van der Waals surface area contributed by atoms with Gasteiger partial charge in [-0.3, -0.25) is 9.69 Å². The lowest BCUT2D eigenvalue weighted by atomic mass is 10.3. The van der Waals surface area contributed by atoms with Gasteiger partial charge >= 0.3 is 6.03 Å². The van der Waals surface area contributed by atoms with Crippen molar-refractivity contribution < 1.29 is 9.59 Å². The van der Waals surface area contributed by atoms with Gasteiger partial charge < -0.3 is 16.0 Å². The number of urea groups is 1. The minimum Gasteiger partial charge on any atom is -0.352 e. The van der Waals surface area contributed by atoms with Crippen molar-refractivity contribution in [1.82, 2.24) is 15.1 Å². The maximum Gasteiger partial charge on any atom is 0.312 e. The average molecular weight is 214 g/mol. The number of amides is 3. The molecule has 0 spiro atoms. The Bertz CT molecular complexity index is 234. The molecular weight excluding hydrogens is 196 g/mol. The van der Waals surface area contributed by atoms with Crippen molar-refractivity contribution in [3.05, 3.63) is 0 Å². The first-order chi connectivity index (χ1) is 7.09. The van der Waals surface area contributed by atoms with Crippen LogP contribution in [0.3, 0.4) is 0 Å². The summed E-state index contributed by atoms with van der Waals surface area (Å²) >= 11 is 0. The van der Waals surface area contributed by atoms with Gasteiger partial charge in [0.15, 0.2) is 0 Å². The summed E-state index contributed by atoms with van der Waals surface area (Å²) in [6.45, 7) is 6.20. The monoisotopic (exact) mass is 214 g/mol. The van der Waals surface area contributed by atoms with E-state index < -0.39 is 6.03 Å². The lowest BCUT2D eigenvalue weighted by Gasteiger charge is -2.34. The van der Waals surface area contributed by atoms with Crippen LogP contribution in [0.2, 0.25) is 0 Å². The molecule has 3 N–H and O–H groups in total. The van der Waals surface area contributed by atoms with Crippen molar-refractivity contribution in [2.45, 2.75) is 6.92 Å². The number of rotatable bonds is 3. The quantitative estimate of drug-likeness (QED) is 0.620. The number of nitrogens with two attached hydrogens (primary N) is 1. The fourth-order valence-electron chi connectivity index (χ4n) is 1.62. The van der Waals surface area contributed by atoms with Crippen LogP contribution in [0.4, 0.5) is 4.79 Å². The van der Waals surface area contributed by atoms with E-state index in [1.165, 1.54) is 0 Å². The molecule has 1 fully saturated rings. The number of nitrogens with zero attached hydrogens (tertiary/aromatic N) is 2. The molecule has 6 nitrogen and oxygen atoms in total. The minimum atomic E-state index is -0.489. The second-order valence-electron chi connectivity index (χ2n) is 3.64. The molecule has 0 unspecified atom stereocenters. The van der Waals surface area contributed by atoms with E-state index >= 15 is 0 Å². The van der Waals surface area contributed by atoms with Gasteiger partial charge in [0.05, 0.1) is 0 Å². The first-order valence-corrected chi connectivity index (χ1v) is 5.11. The number of carbonyl (C=O) groups excluding carboxylic acids is 2. The molecular formula is C9H18N4O2. The summed E-state index contributed by atoms with van der Waals surface area (Å²) in [7, 11) is 0. The molecule has 0 aromatic carbocycles. The van der Waals surface area contributed by atoms with E-state index in [0.717, 1.165) is 32.7 Å². The highest BCUT2D eigenvalue weighted by Gasteiger charge is 2.17. The Balaban J connectivity index is 2.14. The summed E-state index contributed by atoms with van der Waals surface area (Å²) in [5.41, 5.74) is 4.95. The zero-order valence-electron chi connectivity index (χ0n) is 9.03. The molecule has 0 aromatic rings. The van der Waals surface area contributed by atoms with Crippen LogP contribution >= 0.6 is 0 Å². The van der Waals surface area contributed by atoms with Crippen LogP contribution in [-0.4, -0.2) is 61.0 Å². The van der Waals surface area contributed by atoms with Crippen molar-refractivity contribution >= 4 is 11.9 Å². The summed E-state index contributed by atoms with van der Waals surface area (Å²) in [5.74, 6) is 0.130. The van der Waals surface area contributed by atoms with Crippen molar-refractivity contribution in [3.63, 3.8) is 0 Å². The van der Waals surface area contributed by atoms with E-state index in [9.17, 15) is 9.59 Å². The topological polar surface area (TPSA) is 78.7 Å². The highest BCUT2D eigenvalue weighted by molar-refractivity contribution is 5.73. The Hall–Kier alpha value is -1.30. The van der Waals surface area contributed by atoms with E-state index in [4.69, 9.17) is 5.73 Å². The van der Waals surface area contributed by atoms with Crippen molar-refractivity contribution in [2.24, 2.45) is 5.73 Å². The standard InChI is InChI=1S/C9H18N4O2/c1-8(14)13-6-4-12(5-7-13)3-2-11-9(10)15/h2-7H2,1H3,(H3,10,11,15). The average Bonchev–Trinajstić information content (AvgIpc) is 2.18. The molecule has 0 aromatic heterocycles. The van der Waals surface area contributed by atoms with Crippen LogP contribution in [0.15, 0.2) is 0 Å². The number of hydrogen-bond donors (Lipinski definition) is 2. The van der Waals surface area contributed by atoms with Crippen LogP contribution in [0.25, 0.3) is 0 Å². The second-order valence-corrected chi connectivity index (χ2v) is 3.64. The number of piperazine rings is 1. The summed E-state index contributed by atoms with van der Waals surface area (Å²) in [6, 6.07) is -0.489. The maximum atomic E-state index is 11.0. The molecule has 1 saturated heterocycles. The van der Waals surface area contributed by atoms with Crippen molar-refractivity contribution in [3.8, 4) is 0 Å². The SMILES string of the molecule is CC(=O)N1CCN(CCNC(N)=O)CC1. The summed E-state index contributed by atoms with van der Waals surface area (Å²) in [4.78, 5) is 25.5. The van der Waals surface area contributed by atoms with E-state index in [-0.39, 0.29) is 5.91 Å². The lowest BCUT2D eigenvalue weighted by Crippen LogP contribution is -2.49.